The van der Waals surface area contributed by atoms with Gasteiger partial charge in [-0.2, -0.15) is 0 Å². The monoisotopic (exact) mass is 194 g/mol. The Bertz CT molecular complexity index is 124. The van der Waals surface area contributed by atoms with Gasteiger partial charge in [-0.15, -0.1) is 0 Å². The molecule has 0 amide bonds. The van der Waals surface area contributed by atoms with Crippen molar-refractivity contribution in [1.29, 1.82) is 0 Å². The van der Waals surface area contributed by atoms with Crippen molar-refractivity contribution in [3.8, 4) is 0 Å². The number of halogens is 1. The zero-order valence-electron chi connectivity index (χ0n) is 7.26. The Morgan fingerprint density at radius 1 is 1.36 bits per heavy atom. The topological polar surface area (TPSA) is 18.5 Å². The van der Waals surface area contributed by atoms with Crippen LogP contribution in [0, 0.1) is 0 Å². The minimum Gasteiger partial charge on any atom is -0.383 e. The van der Waals surface area contributed by atoms with Gasteiger partial charge in [0.15, 0.2) is 0 Å². The molecule has 0 heterocycles. The molecular weight excluding hydrogens is 180 g/mol. The summed E-state index contributed by atoms with van der Waals surface area (Å²) in [6.45, 7) is 2.11. The molecule has 0 saturated heterocycles. The van der Waals surface area contributed by atoms with Crippen LogP contribution in [0.2, 0.25) is 0 Å². The summed E-state index contributed by atoms with van der Waals surface area (Å²) < 4.78 is 10.1. The number of rotatable bonds is 5. The van der Waals surface area contributed by atoms with Crippen LogP contribution >= 0.6 is 11.1 Å². The van der Waals surface area contributed by atoms with Crippen molar-refractivity contribution in [3.63, 3.8) is 0 Å². The van der Waals surface area contributed by atoms with Crippen molar-refractivity contribution in [3.05, 3.63) is 11.8 Å². The third-order valence-corrected chi connectivity index (χ3v) is 4.38. The molecule has 0 bridgehead atoms. The van der Waals surface area contributed by atoms with Gasteiger partial charge in [0, 0.05) is 14.2 Å². The fourth-order valence-electron chi connectivity index (χ4n) is 0.610. The van der Waals surface area contributed by atoms with Crippen LogP contribution in [-0.2, 0) is 8.85 Å². The smallest absolute Gasteiger partial charge is 0.383 e. The number of hydrogen-bond donors (Lipinski definition) is 0. The average Bonchev–Trinajstić information content (AvgIpc) is 2.05. The molecule has 0 rings (SSSR count). The number of allylic oxidation sites excluding steroid dienone is 1. The Hall–Kier alpha value is 0.167. The van der Waals surface area contributed by atoms with E-state index in [4.69, 9.17) is 19.9 Å². The van der Waals surface area contributed by atoms with E-state index in [-0.39, 0.29) is 0 Å². The zero-order valence-corrected chi connectivity index (χ0v) is 9.02. The highest BCUT2D eigenvalue weighted by Gasteiger charge is 2.29. The van der Waals surface area contributed by atoms with E-state index in [0.29, 0.717) is 0 Å². The lowest BCUT2D eigenvalue weighted by atomic mass is 10.3. The minimum atomic E-state index is -2.44. The van der Waals surface area contributed by atoms with Gasteiger partial charge in [0.05, 0.1) is 0 Å². The predicted molar refractivity (Wildman–Crippen MR) is 49.7 cm³/mol. The van der Waals surface area contributed by atoms with E-state index in [1.54, 1.807) is 14.2 Å². The molecule has 0 aromatic rings. The summed E-state index contributed by atoms with van der Waals surface area (Å²) in [4.78, 5) is 0. The molecule has 4 heteroatoms. The van der Waals surface area contributed by atoms with Crippen molar-refractivity contribution < 1.29 is 8.85 Å². The first-order valence-corrected chi connectivity index (χ1v) is 6.56. The molecule has 0 N–H and O–H groups in total. The number of unbranched alkanes of at least 4 members (excludes halogenated alkanes) is 1. The Labute approximate surface area is 74.1 Å². The Morgan fingerprint density at radius 3 is 2.27 bits per heavy atom. The lowest BCUT2D eigenvalue weighted by Gasteiger charge is -2.14. The first kappa shape index (κ1) is 11.2. The maximum atomic E-state index is 5.95. The largest absolute Gasteiger partial charge is 0.469 e. The van der Waals surface area contributed by atoms with Crippen LogP contribution in [0.15, 0.2) is 11.8 Å². The third-order valence-electron chi connectivity index (χ3n) is 1.33. The highest BCUT2D eigenvalue weighted by Crippen LogP contribution is 2.12. The molecule has 0 aliphatic carbocycles. The predicted octanol–water partition coefficient (Wildman–Crippen LogP) is 2.35. The highest BCUT2D eigenvalue weighted by molar-refractivity contribution is 7.15. The van der Waals surface area contributed by atoms with Crippen molar-refractivity contribution in [2.45, 2.75) is 19.8 Å². The SMILES string of the molecule is CCCC=C[Si](Cl)(OC)OC. The molecule has 11 heavy (non-hydrogen) atoms. The summed E-state index contributed by atoms with van der Waals surface area (Å²) in [7, 11) is 0.694. The molecule has 0 spiro atoms. The molecule has 66 valence electrons. The standard InChI is InChI=1S/C7H15ClO2Si/c1-4-5-6-7-11(8,9-2)10-3/h6-7H,4-5H2,1-3H3. The van der Waals surface area contributed by atoms with Crippen LogP contribution < -0.4 is 0 Å². The molecule has 0 saturated carbocycles. The first-order valence-electron chi connectivity index (χ1n) is 3.65. The molecule has 0 aliphatic heterocycles. The Kier molecular flexibility index (Phi) is 5.86. The van der Waals surface area contributed by atoms with Gasteiger partial charge >= 0.3 is 7.87 Å². The fraction of sp³-hybridized carbons (Fsp3) is 0.714. The minimum absolute atomic E-state index is 1.02. The van der Waals surface area contributed by atoms with Gasteiger partial charge < -0.3 is 8.85 Å². The van der Waals surface area contributed by atoms with Gasteiger partial charge in [0.2, 0.25) is 0 Å². The van der Waals surface area contributed by atoms with E-state index in [2.05, 4.69) is 6.92 Å². The van der Waals surface area contributed by atoms with Crippen LogP contribution in [-0.4, -0.2) is 22.1 Å². The van der Waals surface area contributed by atoms with E-state index in [1.165, 1.54) is 0 Å². The Morgan fingerprint density at radius 2 is 1.91 bits per heavy atom. The van der Waals surface area contributed by atoms with Gasteiger partial charge in [-0.1, -0.05) is 30.5 Å². The van der Waals surface area contributed by atoms with Crippen LogP contribution in [0.5, 0.6) is 0 Å². The van der Waals surface area contributed by atoms with E-state index in [9.17, 15) is 0 Å². The lowest BCUT2D eigenvalue weighted by Crippen LogP contribution is -2.30. The second-order valence-electron chi connectivity index (χ2n) is 2.18. The van der Waals surface area contributed by atoms with E-state index in [1.807, 2.05) is 11.8 Å². The van der Waals surface area contributed by atoms with Gasteiger partial charge in [-0.25, -0.2) is 0 Å². The van der Waals surface area contributed by atoms with Gasteiger partial charge in [0.1, 0.15) is 0 Å². The summed E-state index contributed by atoms with van der Waals surface area (Å²) in [6, 6.07) is 0. The van der Waals surface area contributed by atoms with Crippen LogP contribution in [0.4, 0.5) is 0 Å². The molecule has 0 aromatic carbocycles. The lowest BCUT2D eigenvalue weighted by molar-refractivity contribution is 0.279. The maximum Gasteiger partial charge on any atom is 0.469 e. The molecule has 0 unspecified atom stereocenters. The molecule has 0 fully saturated rings. The third kappa shape index (κ3) is 4.58. The van der Waals surface area contributed by atoms with Crippen molar-refractivity contribution in [2.24, 2.45) is 0 Å². The van der Waals surface area contributed by atoms with Gasteiger partial charge in [-0.05, 0) is 12.1 Å². The van der Waals surface area contributed by atoms with Crippen molar-refractivity contribution >= 4 is 18.9 Å². The second-order valence-corrected chi connectivity index (χ2v) is 6.08. The van der Waals surface area contributed by atoms with Crippen LogP contribution in [0.25, 0.3) is 0 Å². The average molecular weight is 195 g/mol. The first-order chi connectivity index (χ1) is 5.18. The van der Waals surface area contributed by atoms with Crippen molar-refractivity contribution in [1.82, 2.24) is 0 Å². The summed E-state index contributed by atoms with van der Waals surface area (Å²) in [5.41, 5.74) is 1.85. The van der Waals surface area contributed by atoms with Crippen molar-refractivity contribution in [2.75, 3.05) is 14.2 Å². The number of hydrogen-bond acceptors (Lipinski definition) is 2. The van der Waals surface area contributed by atoms with Crippen LogP contribution in [0.3, 0.4) is 0 Å². The van der Waals surface area contributed by atoms with E-state index < -0.39 is 7.87 Å². The molecule has 0 aliphatic rings. The summed E-state index contributed by atoms with van der Waals surface area (Å²) >= 11 is 5.95. The quantitative estimate of drug-likeness (QED) is 0.494. The maximum absolute atomic E-state index is 5.95. The molecule has 0 aromatic heterocycles. The normalized spacial score (nSPS) is 12.7. The second kappa shape index (κ2) is 5.77. The molecule has 0 radical (unpaired) electrons. The molecule has 2 nitrogen and oxygen atoms in total. The fourth-order valence-corrected chi connectivity index (χ4v) is 1.76. The summed E-state index contributed by atoms with van der Waals surface area (Å²) in [5, 5.41) is 0. The van der Waals surface area contributed by atoms with Crippen LogP contribution in [0.1, 0.15) is 19.8 Å². The summed E-state index contributed by atoms with van der Waals surface area (Å²) in [6.07, 6.45) is 4.14. The van der Waals surface area contributed by atoms with E-state index >= 15 is 0 Å². The molecular formula is C7H15ClO2Si. The van der Waals surface area contributed by atoms with Gasteiger partial charge in [0.25, 0.3) is 0 Å². The van der Waals surface area contributed by atoms with E-state index in [0.717, 1.165) is 12.8 Å². The molecule has 0 atom stereocenters. The zero-order chi connectivity index (χ0) is 8.74. The Balaban J connectivity index is 3.85. The summed E-state index contributed by atoms with van der Waals surface area (Å²) in [5.74, 6) is 0. The van der Waals surface area contributed by atoms with Gasteiger partial charge in [-0.3, -0.25) is 0 Å². The highest BCUT2D eigenvalue weighted by atomic mass is 35.6.